The molecule has 0 saturated carbocycles. The van der Waals surface area contributed by atoms with Crippen LogP contribution in [0.1, 0.15) is 6.92 Å². The van der Waals surface area contributed by atoms with Gasteiger partial charge in [-0.2, -0.15) is 0 Å². The molecule has 0 N–H and O–H groups in total. The normalized spacial score (nSPS) is 19.2. The lowest BCUT2D eigenvalue weighted by Gasteiger charge is -2.34. The number of carbonyl (C=O) groups is 3. The molecule has 0 atom stereocenters. The van der Waals surface area contributed by atoms with Crippen molar-refractivity contribution in [2.75, 3.05) is 14.1 Å². The number of nitrogens with zero attached hydrogens (tertiary/aromatic N) is 2. The lowest BCUT2D eigenvalue weighted by Crippen LogP contribution is -2.58. The van der Waals surface area contributed by atoms with Crippen LogP contribution in [0.15, 0.2) is 0 Å². The van der Waals surface area contributed by atoms with Gasteiger partial charge in [-0.05, 0) is 19.1 Å². The molecule has 1 heterocycles. The maximum absolute atomic E-state index is 11.5. The summed E-state index contributed by atoms with van der Waals surface area (Å²) in [5.41, 5.74) is 0. The fraction of sp³-hybridized carbons (Fsp3) is 0.500. The first-order valence-electron chi connectivity index (χ1n) is 3.97. The molecule has 1 saturated heterocycles. The van der Waals surface area contributed by atoms with Crippen LogP contribution in [0.5, 0.6) is 0 Å². The SMILES string of the molecule is CC(=O)C1C(=O)N(C)C(=S)N(C)C1=O. The Morgan fingerprint density at radius 1 is 1.21 bits per heavy atom. The molecule has 1 aliphatic rings. The van der Waals surface area contributed by atoms with E-state index in [1.807, 2.05) is 0 Å². The summed E-state index contributed by atoms with van der Waals surface area (Å²) in [7, 11) is 2.90. The van der Waals surface area contributed by atoms with Gasteiger partial charge in [0.15, 0.2) is 16.8 Å². The van der Waals surface area contributed by atoms with Crippen molar-refractivity contribution >= 4 is 34.9 Å². The van der Waals surface area contributed by atoms with Gasteiger partial charge in [-0.1, -0.05) is 0 Å². The molecule has 14 heavy (non-hydrogen) atoms. The maximum atomic E-state index is 11.5. The molecule has 0 unspecified atom stereocenters. The number of hydrogen-bond donors (Lipinski definition) is 0. The summed E-state index contributed by atoms with van der Waals surface area (Å²) in [6.45, 7) is 1.22. The standard InChI is InChI=1S/C8H10N2O3S/c1-4(11)5-6(12)9(2)8(14)10(3)7(5)13/h5H,1-3H3. The van der Waals surface area contributed by atoms with E-state index in [0.717, 1.165) is 9.80 Å². The van der Waals surface area contributed by atoms with Crippen LogP contribution in [0.2, 0.25) is 0 Å². The third kappa shape index (κ3) is 1.41. The molecule has 0 aromatic rings. The van der Waals surface area contributed by atoms with Gasteiger partial charge in [0.1, 0.15) is 0 Å². The Balaban J connectivity index is 3.10. The van der Waals surface area contributed by atoms with Crippen LogP contribution in [0.25, 0.3) is 0 Å². The third-order valence-corrected chi connectivity index (χ3v) is 2.68. The fourth-order valence-corrected chi connectivity index (χ4v) is 1.43. The molecule has 1 aliphatic heterocycles. The molecular weight excluding hydrogens is 204 g/mol. The Kier molecular flexibility index (Phi) is 2.66. The average Bonchev–Trinajstić information content (AvgIpc) is 2.11. The molecule has 0 bridgehead atoms. The van der Waals surface area contributed by atoms with Crippen molar-refractivity contribution in [2.45, 2.75) is 6.92 Å². The van der Waals surface area contributed by atoms with Gasteiger partial charge in [0.05, 0.1) is 0 Å². The van der Waals surface area contributed by atoms with E-state index in [4.69, 9.17) is 12.2 Å². The first kappa shape index (κ1) is 10.8. The van der Waals surface area contributed by atoms with Crippen molar-refractivity contribution in [3.63, 3.8) is 0 Å². The van der Waals surface area contributed by atoms with E-state index in [2.05, 4.69) is 0 Å². The van der Waals surface area contributed by atoms with Gasteiger partial charge in [-0.3, -0.25) is 24.2 Å². The van der Waals surface area contributed by atoms with Crippen molar-refractivity contribution in [3.05, 3.63) is 0 Å². The molecule has 0 radical (unpaired) electrons. The predicted molar refractivity (Wildman–Crippen MR) is 52.3 cm³/mol. The van der Waals surface area contributed by atoms with Crippen LogP contribution >= 0.6 is 12.2 Å². The lowest BCUT2D eigenvalue weighted by molar-refractivity contribution is -0.149. The van der Waals surface area contributed by atoms with Crippen molar-refractivity contribution in [1.82, 2.24) is 9.80 Å². The minimum Gasteiger partial charge on any atom is -0.299 e. The largest absolute Gasteiger partial charge is 0.299 e. The number of hydrogen-bond acceptors (Lipinski definition) is 4. The van der Waals surface area contributed by atoms with E-state index < -0.39 is 23.5 Å². The summed E-state index contributed by atoms with van der Waals surface area (Å²) in [6.07, 6.45) is 0. The van der Waals surface area contributed by atoms with Crippen molar-refractivity contribution in [3.8, 4) is 0 Å². The predicted octanol–water partition coefficient (Wildman–Crippen LogP) is -0.593. The molecule has 2 amide bonds. The van der Waals surface area contributed by atoms with E-state index in [1.54, 1.807) is 0 Å². The number of Topliss-reactive ketones (excluding diaryl/α,β-unsaturated/α-hetero) is 1. The van der Waals surface area contributed by atoms with E-state index in [9.17, 15) is 14.4 Å². The number of thiocarbonyl (C=S) groups is 1. The third-order valence-electron chi connectivity index (χ3n) is 2.14. The number of carbonyl (C=O) groups excluding carboxylic acids is 3. The highest BCUT2D eigenvalue weighted by Gasteiger charge is 2.42. The highest BCUT2D eigenvalue weighted by molar-refractivity contribution is 7.80. The highest BCUT2D eigenvalue weighted by atomic mass is 32.1. The van der Waals surface area contributed by atoms with Crippen molar-refractivity contribution in [2.24, 2.45) is 5.92 Å². The Morgan fingerprint density at radius 3 is 1.86 bits per heavy atom. The van der Waals surface area contributed by atoms with Crippen LogP contribution in [-0.4, -0.2) is 46.6 Å². The molecule has 76 valence electrons. The topological polar surface area (TPSA) is 57.7 Å². The molecule has 0 aliphatic carbocycles. The molecular formula is C8H10N2O3S. The van der Waals surface area contributed by atoms with Gasteiger partial charge in [0.2, 0.25) is 11.8 Å². The number of ketones is 1. The molecule has 0 spiro atoms. The zero-order valence-electron chi connectivity index (χ0n) is 8.10. The van der Waals surface area contributed by atoms with Crippen LogP contribution < -0.4 is 0 Å². The van der Waals surface area contributed by atoms with E-state index >= 15 is 0 Å². The summed E-state index contributed by atoms with van der Waals surface area (Å²) in [4.78, 5) is 36.4. The highest BCUT2D eigenvalue weighted by Crippen LogP contribution is 2.15. The molecule has 6 heteroatoms. The van der Waals surface area contributed by atoms with E-state index in [-0.39, 0.29) is 5.11 Å². The Hall–Kier alpha value is -1.30. The second-order valence-electron chi connectivity index (χ2n) is 3.12. The monoisotopic (exact) mass is 214 g/mol. The summed E-state index contributed by atoms with van der Waals surface area (Å²) < 4.78 is 0. The van der Waals surface area contributed by atoms with Crippen LogP contribution in [0.3, 0.4) is 0 Å². The Bertz CT molecular complexity index is 315. The van der Waals surface area contributed by atoms with Crippen LogP contribution in [0.4, 0.5) is 0 Å². The molecule has 1 rings (SSSR count). The molecule has 1 fully saturated rings. The van der Waals surface area contributed by atoms with Crippen molar-refractivity contribution < 1.29 is 14.4 Å². The average molecular weight is 214 g/mol. The van der Waals surface area contributed by atoms with Gasteiger partial charge in [0.25, 0.3) is 0 Å². The van der Waals surface area contributed by atoms with Gasteiger partial charge in [0, 0.05) is 14.1 Å². The van der Waals surface area contributed by atoms with Crippen molar-refractivity contribution in [1.29, 1.82) is 0 Å². The summed E-state index contributed by atoms with van der Waals surface area (Å²) in [5, 5.41) is 0.123. The van der Waals surface area contributed by atoms with E-state index in [1.165, 1.54) is 21.0 Å². The second kappa shape index (κ2) is 3.45. The van der Waals surface area contributed by atoms with Gasteiger partial charge < -0.3 is 0 Å². The number of amides is 2. The smallest absolute Gasteiger partial charge is 0.248 e. The summed E-state index contributed by atoms with van der Waals surface area (Å²) in [5.74, 6) is -2.78. The van der Waals surface area contributed by atoms with Gasteiger partial charge >= 0.3 is 0 Å². The summed E-state index contributed by atoms with van der Waals surface area (Å²) >= 11 is 4.84. The minimum absolute atomic E-state index is 0.123. The zero-order chi connectivity index (χ0) is 11.0. The lowest BCUT2D eigenvalue weighted by atomic mass is 10.0. The first-order valence-corrected chi connectivity index (χ1v) is 4.38. The molecule has 0 aromatic carbocycles. The first-order chi connectivity index (χ1) is 6.37. The Morgan fingerprint density at radius 2 is 1.57 bits per heavy atom. The second-order valence-corrected chi connectivity index (χ2v) is 3.49. The van der Waals surface area contributed by atoms with Crippen LogP contribution in [-0.2, 0) is 14.4 Å². The zero-order valence-corrected chi connectivity index (χ0v) is 8.92. The Labute approximate surface area is 86.7 Å². The van der Waals surface area contributed by atoms with Crippen LogP contribution in [0, 0.1) is 5.92 Å². The summed E-state index contributed by atoms with van der Waals surface area (Å²) in [6, 6.07) is 0. The fourth-order valence-electron chi connectivity index (χ4n) is 1.25. The van der Waals surface area contributed by atoms with Gasteiger partial charge in [-0.25, -0.2) is 0 Å². The maximum Gasteiger partial charge on any atom is 0.248 e. The molecule has 0 aromatic heterocycles. The van der Waals surface area contributed by atoms with E-state index in [0.29, 0.717) is 0 Å². The van der Waals surface area contributed by atoms with Gasteiger partial charge in [-0.15, -0.1) is 0 Å². The number of rotatable bonds is 1. The quantitative estimate of drug-likeness (QED) is 0.432. The minimum atomic E-state index is -1.23. The molecule has 5 nitrogen and oxygen atoms in total.